The Morgan fingerprint density at radius 1 is 1.26 bits per heavy atom. The molecule has 23 heavy (non-hydrogen) atoms. The third-order valence-corrected chi connectivity index (χ3v) is 4.60. The Balaban J connectivity index is 1.66. The van der Waals surface area contributed by atoms with Crippen LogP contribution in [0.2, 0.25) is 5.02 Å². The number of hydrogen-bond acceptors (Lipinski definition) is 2. The summed E-state index contributed by atoms with van der Waals surface area (Å²) in [7, 11) is 0. The molecule has 120 valence electrons. The molecule has 0 unspecified atom stereocenters. The van der Waals surface area contributed by atoms with Crippen LogP contribution in [0.5, 0.6) is 0 Å². The van der Waals surface area contributed by atoms with Gasteiger partial charge in [-0.25, -0.2) is 0 Å². The molecule has 3 nitrogen and oxygen atoms in total. The predicted octanol–water partition coefficient (Wildman–Crippen LogP) is 4.42. The molecule has 1 amide bonds. The molecule has 2 aromatic rings. The Hall–Kier alpha value is -1.84. The first kappa shape index (κ1) is 16.0. The number of rotatable bonds is 4. The standard InChI is InChI=1S/C19H21ClN2O/c1-14-9-10-16(20)12-17(14)21-19(23)13-22-11-5-8-18(22)15-6-3-2-4-7-15/h2-4,6-7,9-10,12,18H,5,8,11,13H2,1H3,(H,21,23)/t18-/m1/s1. The maximum atomic E-state index is 12.4. The molecule has 1 heterocycles. The normalized spacial score (nSPS) is 18.1. The lowest BCUT2D eigenvalue weighted by molar-refractivity contribution is -0.117. The van der Waals surface area contributed by atoms with Crippen molar-refractivity contribution in [3.63, 3.8) is 0 Å². The topological polar surface area (TPSA) is 32.3 Å². The van der Waals surface area contributed by atoms with Crippen LogP contribution in [0.15, 0.2) is 48.5 Å². The summed E-state index contributed by atoms with van der Waals surface area (Å²) in [6.07, 6.45) is 2.23. The number of nitrogens with zero attached hydrogens (tertiary/aromatic N) is 1. The zero-order chi connectivity index (χ0) is 16.2. The summed E-state index contributed by atoms with van der Waals surface area (Å²) >= 11 is 6.01. The van der Waals surface area contributed by atoms with Crippen molar-refractivity contribution in [1.82, 2.24) is 4.90 Å². The molecule has 0 aliphatic carbocycles. The van der Waals surface area contributed by atoms with E-state index in [1.165, 1.54) is 5.56 Å². The van der Waals surface area contributed by atoms with Crippen LogP contribution >= 0.6 is 11.6 Å². The van der Waals surface area contributed by atoms with Crippen LogP contribution in [-0.4, -0.2) is 23.9 Å². The Morgan fingerprint density at radius 2 is 2.04 bits per heavy atom. The van der Waals surface area contributed by atoms with Crippen LogP contribution in [0.4, 0.5) is 5.69 Å². The number of carbonyl (C=O) groups excluding carboxylic acids is 1. The number of anilines is 1. The Bertz CT molecular complexity index is 687. The van der Waals surface area contributed by atoms with E-state index in [0.717, 1.165) is 30.6 Å². The zero-order valence-corrected chi connectivity index (χ0v) is 14.0. The Morgan fingerprint density at radius 3 is 2.83 bits per heavy atom. The van der Waals surface area contributed by atoms with E-state index < -0.39 is 0 Å². The quantitative estimate of drug-likeness (QED) is 0.900. The fourth-order valence-corrected chi connectivity index (χ4v) is 3.34. The van der Waals surface area contributed by atoms with Crippen molar-refractivity contribution in [2.24, 2.45) is 0 Å². The van der Waals surface area contributed by atoms with Crippen molar-refractivity contribution in [2.45, 2.75) is 25.8 Å². The first-order valence-electron chi connectivity index (χ1n) is 7.98. The van der Waals surface area contributed by atoms with Gasteiger partial charge in [0.1, 0.15) is 0 Å². The fourth-order valence-electron chi connectivity index (χ4n) is 3.17. The highest BCUT2D eigenvalue weighted by molar-refractivity contribution is 6.31. The van der Waals surface area contributed by atoms with E-state index in [-0.39, 0.29) is 5.91 Å². The minimum Gasteiger partial charge on any atom is -0.325 e. The monoisotopic (exact) mass is 328 g/mol. The molecule has 2 aromatic carbocycles. The maximum absolute atomic E-state index is 12.4. The number of halogens is 1. The second-order valence-corrected chi connectivity index (χ2v) is 6.48. The van der Waals surface area contributed by atoms with Gasteiger partial charge in [0.2, 0.25) is 5.91 Å². The number of nitrogens with one attached hydrogen (secondary N) is 1. The Kier molecular flexibility index (Phi) is 4.99. The van der Waals surface area contributed by atoms with Crippen molar-refractivity contribution in [3.8, 4) is 0 Å². The summed E-state index contributed by atoms with van der Waals surface area (Å²) in [5.74, 6) is 0.0122. The van der Waals surface area contributed by atoms with E-state index in [1.54, 1.807) is 6.07 Å². The van der Waals surface area contributed by atoms with Gasteiger partial charge < -0.3 is 5.32 Å². The molecule has 1 aliphatic heterocycles. The van der Waals surface area contributed by atoms with E-state index in [1.807, 2.05) is 25.1 Å². The highest BCUT2D eigenvalue weighted by atomic mass is 35.5. The average molecular weight is 329 g/mol. The number of carbonyl (C=O) groups is 1. The summed E-state index contributed by atoms with van der Waals surface area (Å²) in [5.41, 5.74) is 3.10. The summed E-state index contributed by atoms with van der Waals surface area (Å²) in [4.78, 5) is 14.7. The number of likely N-dealkylation sites (tertiary alicyclic amines) is 1. The fraction of sp³-hybridized carbons (Fsp3) is 0.316. The van der Waals surface area contributed by atoms with Gasteiger partial charge in [0, 0.05) is 16.8 Å². The number of hydrogen-bond donors (Lipinski definition) is 1. The average Bonchev–Trinajstić information content (AvgIpc) is 3.00. The lowest BCUT2D eigenvalue weighted by Gasteiger charge is -2.24. The number of aryl methyl sites for hydroxylation is 1. The van der Waals surface area contributed by atoms with Crippen LogP contribution in [0.3, 0.4) is 0 Å². The smallest absolute Gasteiger partial charge is 0.238 e. The molecule has 1 fully saturated rings. The van der Waals surface area contributed by atoms with E-state index in [9.17, 15) is 4.79 Å². The van der Waals surface area contributed by atoms with Crippen molar-refractivity contribution in [3.05, 3.63) is 64.7 Å². The van der Waals surface area contributed by atoms with Crippen molar-refractivity contribution >= 4 is 23.2 Å². The minimum atomic E-state index is 0.0122. The van der Waals surface area contributed by atoms with Crippen molar-refractivity contribution < 1.29 is 4.79 Å². The van der Waals surface area contributed by atoms with E-state index in [0.29, 0.717) is 17.6 Å². The van der Waals surface area contributed by atoms with Gasteiger partial charge in [0.25, 0.3) is 0 Å². The largest absolute Gasteiger partial charge is 0.325 e. The lowest BCUT2D eigenvalue weighted by Crippen LogP contribution is -2.33. The molecular formula is C19H21ClN2O. The molecule has 0 saturated carbocycles. The van der Waals surface area contributed by atoms with Crippen molar-refractivity contribution in [1.29, 1.82) is 0 Å². The third kappa shape index (κ3) is 3.92. The first-order valence-corrected chi connectivity index (χ1v) is 8.36. The summed E-state index contributed by atoms with van der Waals surface area (Å²) in [6.45, 7) is 3.33. The van der Waals surface area contributed by atoms with Gasteiger partial charge in [-0.05, 0) is 49.6 Å². The molecular weight excluding hydrogens is 308 g/mol. The van der Waals surface area contributed by atoms with Gasteiger partial charge in [0.05, 0.1) is 6.54 Å². The summed E-state index contributed by atoms with van der Waals surface area (Å²) < 4.78 is 0. The second-order valence-electron chi connectivity index (χ2n) is 6.05. The van der Waals surface area contributed by atoms with E-state index in [4.69, 9.17) is 11.6 Å². The van der Waals surface area contributed by atoms with Crippen LogP contribution < -0.4 is 5.32 Å². The second kappa shape index (κ2) is 7.16. The number of benzene rings is 2. The van der Waals surface area contributed by atoms with Gasteiger partial charge in [-0.15, -0.1) is 0 Å². The van der Waals surface area contributed by atoms with Gasteiger partial charge in [0.15, 0.2) is 0 Å². The third-order valence-electron chi connectivity index (χ3n) is 4.37. The first-order chi connectivity index (χ1) is 11.1. The predicted molar refractivity (Wildman–Crippen MR) is 94.8 cm³/mol. The maximum Gasteiger partial charge on any atom is 0.238 e. The van der Waals surface area contributed by atoms with Gasteiger partial charge >= 0.3 is 0 Å². The van der Waals surface area contributed by atoms with Crippen LogP contribution in [-0.2, 0) is 4.79 Å². The molecule has 3 rings (SSSR count). The van der Waals surface area contributed by atoms with Gasteiger partial charge in [-0.3, -0.25) is 9.69 Å². The van der Waals surface area contributed by atoms with Crippen LogP contribution in [0.25, 0.3) is 0 Å². The summed E-state index contributed by atoms with van der Waals surface area (Å²) in [6, 6.07) is 16.3. The molecule has 0 bridgehead atoms. The van der Waals surface area contributed by atoms with E-state index >= 15 is 0 Å². The molecule has 1 aliphatic rings. The molecule has 0 aromatic heterocycles. The van der Waals surface area contributed by atoms with Crippen LogP contribution in [0.1, 0.15) is 30.0 Å². The lowest BCUT2D eigenvalue weighted by atomic mass is 10.0. The molecule has 1 N–H and O–H groups in total. The van der Waals surface area contributed by atoms with E-state index in [2.05, 4.69) is 34.5 Å². The molecule has 0 spiro atoms. The van der Waals surface area contributed by atoms with Gasteiger partial charge in [-0.2, -0.15) is 0 Å². The Labute approximate surface area is 142 Å². The summed E-state index contributed by atoms with van der Waals surface area (Å²) in [5, 5.41) is 3.62. The van der Waals surface area contributed by atoms with Crippen molar-refractivity contribution in [2.75, 3.05) is 18.4 Å². The SMILES string of the molecule is Cc1ccc(Cl)cc1NC(=O)CN1CCC[C@@H]1c1ccccc1. The zero-order valence-electron chi connectivity index (χ0n) is 13.3. The van der Waals surface area contributed by atoms with Gasteiger partial charge in [-0.1, -0.05) is 48.0 Å². The molecule has 0 radical (unpaired) electrons. The van der Waals surface area contributed by atoms with Crippen LogP contribution in [0, 0.1) is 6.92 Å². The number of amides is 1. The molecule has 1 saturated heterocycles. The molecule has 1 atom stereocenters. The minimum absolute atomic E-state index is 0.0122. The highest BCUT2D eigenvalue weighted by Gasteiger charge is 2.27. The molecule has 4 heteroatoms. The highest BCUT2D eigenvalue weighted by Crippen LogP contribution is 2.31.